The Labute approximate surface area is 262 Å². The third-order valence-corrected chi connectivity index (χ3v) is 7.30. The molecule has 0 fully saturated rings. The smallest absolute Gasteiger partial charge is 0.308 e. The lowest BCUT2D eigenvalue weighted by Gasteiger charge is -2.17. The molecular formula is C36H36FN3O5. The summed E-state index contributed by atoms with van der Waals surface area (Å²) in [5, 5.41) is 33.4. The number of methoxy groups -OCH3 is 1. The lowest BCUT2D eigenvalue weighted by Crippen LogP contribution is -2.27. The van der Waals surface area contributed by atoms with Crippen LogP contribution in [-0.4, -0.2) is 46.0 Å². The minimum Gasteiger partial charge on any atom is -0.469 e. The fraction of sp³-hybridized carbons (Fsp3) is 0.250. The molecule has 9 heteroatoms. The first-order valence-corrected chi connectivity index (χ1v) is 14.6. The SMILES string of the molecule is COC(=O)C[C@H](O)C[C@H](O)/C=C/c1c(-c2ccc(F)cc2)c(-c2ccccc2)c(C(=O)NCc2cccc(C#N)c2)n1C(C)C. The first-order valence-electron chi connectivity index (χ1n) is 14.6. The van der Waals surface area contributed by atoms with Gasteiger partial charge in [-0.05, 0) is 60.9 Å². The molecule has 8 nitrogen and oxygen atoms in total. The Morgan fingerprint density at radius 2 is 1.69 bits per heavy atom. The molecule has 1 heterocycles. The largest absolute Gasteiger partial charge is 0.469 e. The lowest BCUT2D eigenvalue weighted by atomic mass is 9.94. The number of esters is 1. The molecule has 0 spiro atoms. The lowest BCUT2D eigenvalue weighted by molar-refractivity contribution is -0.143. The number of aliphatic hydroxyl groups excluding tert-OH is 2. The highest BCUT2D eigenvalue weighted by molar-refractivity contribution is 6.06. The number of hydrogen-bond acceptors (Lipinski definition) is 6. The molecule has 0 unspecified atom stereocenters. The van der Waals surface area contributed by atoms with Crippen LogP contribution in [0.15, 0.2) is 84.9 Å². The Morgan fingerprint density at radius 1 is 1.00 bits per heavy atom. The maximum absolute atomic E-state index is 14.2. The number of aliphatic hydroxyl groups is 2. The second-order valence-corrected chi connectivity index (χ2v) is 10.9. The molecule has 0 saturated carbocycles. The van der Waals surface area contributed by atoms with Gasteiger partial charge >= 0.3 is 5.97 Å². The maximum Gasteiger partial charge on any atom is 0.308 e. The predicted molar refractivity (Wildman–Crippen MR) is 170 cm³/mol. The molecule has 232 valence electrons. The number of amides is 1. The van der Waals surface area contributed by atoms with Crippen molar-refractivity contribution in [2.45, 2.75) is 51.5 Å². The molecule has 0 saturated heterocycles. The summed E-state index contributed by atoms with van der Waals surface area (Å²) in [4.78, 5) is 25.7. The van der Waals surface area contributed by atoms with Crippen molar-refractivity contribution in [3.63, 3.8) is 0 Å². The van der Waals surface area contributed by atoms with E-state index >= 15 is 0 Å². The van der Waals surface area contributed by atoms with Gasteiger partial charge < -0.3 is 24.8 Å². The van der Waals surface area contributed by atoms with Crippen molar-refractivity contribution >= 4 is 18.0 Å². The number of carbonyl (C=O) groups excluding carboxylic acids is 2. The number of hydrogen-bond donors (Lipinski definition) is 3. The number of ether oxygens (including phenoxy) is 1. The van der Waals surface area contributed by atoms with Crippen molar-refractivity contribution in [1.29, 1.82) is 5.26 Å². The van der Waals surface area contributed by atoms with E-state index in [1.807, 2.05) is 54.8 Å². The first-order chi connectivity index (χ1) is 21.6. The molecule has 0 radical (unpaired) electrons. The summed E-state index contributed by atoms with van der Waals surface area (Å²) in [6.07, 6.45) is 0.585. The van der Waals surface area contributed by atoms with Crippen LogP contribution in [0.5, 0.6) is 0 Å². The van der Waals surface area contributed by atoms with Crippen LogP contribution in [0.3, 0.4) is 0 Å². The minimum atomic E-state index is -1.12. The van der Waals surface area contributed by atoms with Crippen LogP contribution in [-0.2, 0) is 16.1 Å². The molecule has 3 aromatic carbocycles. The third kappa shape index (κ3) is 8.12. The highest BCUT2D eigenvalue weighted by Crippen LogP contribution is 2.42. The predicted octanol–water partition coefficient (Wildman–Crippen LogP) is 6.03. The van der Waals surface area contributed by atoms with E-state index < -0.39 is 24.0 Å². The fourth-order valence-corrected chi connectivity index (χ4v) is 5.26. The van der Waals surface area contributed by atoms with Crippen LogP contribution < -0.4 is 5.32 Å². The summed E-state index contributed by atoms with van der Waals surface area (Å²) in [7, 11) is 1.23. The topological polar surface area (TPSA) is 125 Å². The van der Waals surface area contributed by atoms with E-state index in [0.717, 1.165) is 11.1 Å². The fourth-order valence-electron chi connectivity index (χ4n) is 5.26. The van der Waals surface area contributed by atoms with Crippen LogP contribution in [0.1, 0.15) is 60.0 Å². The second-order valence-electron chi connectivity index (χ2n) is 10.9. The van der Waals surface area contributed by atoms with Gasteiger partial charge in [-0.15, -0.1) is 0 Å². The standard InChI is InChI=1S/C36H36FN3O5/c1-23(2)40-31(17-16-29(41)19-30(42)20-32(43)45-3)33(27-12-14-28(37)15-13-27)34(26-10-5-4-6-11-26)35(40)36(44)39-22-25-9-7-8-24(18-25)21-38/h4-18,23,29-30,41-42H,19-20,22H2,1-3H3,(H,39,44)/b17-16+/t29-,30-/m1/s1. The van der Waals surface area contributed by atoms with Gasteiger partial charge in [0.05, 0.1) is 37.4 Å². The number of nitrogens with zero attached hydrogens (tertiary/aromatic N) is 2. The quantitative estimate of drug-likeness (QED) is 0.169. The zero-order valence-corrected chi connectivity index (χ0v) is 25.4. The zero-order valence-electron chi connectivity index (χ0n) is 25.4. The molecule has 0 aliphatic rings. The van der Waals surface area contributed by atoms with E-state index in [-0.39, 0.29) is 31.3 Å². The van der Waals surface area contributed by atoms with Crippen molar-refractivity contribution in [3.05, 3.63) is 113 Å². The first kappa shape index (κ1) is 32.9. The molecule has 4 aromatic rings. The van der Waals surface area contributed by atoms with Gasteiger partial charge in [-0.2, -0.15) is 5.26 Å². The normalized spacial score (nSPS) is 12.6. The number of halogens is 1. The van der Waals surface area contributed by atoms with Gasteiger partial charge in [0.15, 0.2) is 0 Å². The van der Waals surface area contributed by atoms with Crippen LogP contribution in [0.4, 0.5) is 4.39 Å². The average Bonchev–Trinajstić information content (AvgIpc) is 3.39. The number of nitriles is 1. The number of rotatable bonds is 12. The van der Waals surface area contributed by atoms with E-state index in [9.17, 15) is 29.5 Å². The molecule has 45 heavy (non-hydrogen) atoms. The Morgan fingerprint density at radius 3 is 2.33 bits per heavy atom. The van der Waals surface area contributed by atoms with Gasteiger partial charge in [-0.1, -0.05) is 60.7 Å². The Hall–Kier alpha value is -5.04. The molecule has 1 amide bonds. The van der Waals surface area contributed by atoms with Crippen molar-refractivity contribution in [2.24, 2.45) is 0 Å². The molecule has 2 atom stereocenters. The highest BCUT2D eigenvalue weighted by atomic mass is 19.1. The monoisotopic (exact) mass is 609 g/mol. The molecule has 1 aromatic heterocycles. The summed E-state index contributed by atoms with van der Waals surface area (Å²) in [6, 6.07) is 24.3. The van der Waals surface area contributed by atoms with Gasteiger partial charge in [-0.3, -0.25) is 9.59 Å². The number of benzene rings is 3. The average molecular weight is 610 g/mol. The molecule has 4 rings (SSSR count). The summed E-state index contributed by atoms with van der Waals surface area (Å²) < 4.78 is 20.6. The van der Waals surface area contributed by atoms with E-state index in [2.05, 4.69) is 16.1 Å². The van der Waals surface area contributed by atoms with E-state index in [4.69, 9.17) is 0 Å². The molecule has 0 aliphatic heterocycles. The number of aromatic nitrogens is 1. The van der Waals surface area contributed by atoms with Gasteiger partial charge in [0.2, 0.25) is 0 Å². The van der Waals surface area contributed by atoms with Crippen molar-refractivity contribution in [1.82, 2.24) is 9.88 Å². The summed E-state index contributed by atoms with van der Waals surface area (Å²) in [5.74, 6) is -1.36. The van der Waals surface area contributed by atoms with E-state index in [0.29, 0.717) is 33.6 Å². The van der Waals surface area contributed by atoms with E-state index in [1.54, 1.807) is 36.4 Å². The Balaban J connectivity index is 1.88. The summed E-state index contributed by atoms with van der Waals surface area (Å²) in [6.45, 7) is 4.05. The van der Waals surface area contributed by atoms with Crippen LogP contribution in [0.25, 0.3) is 28.3 Å². The Kier molecular flexibility index (Phi) is 11.0. The second kappa shape index (κ2) is 15.1. The van der Waals surface area contributed by atoms with Crippen LogP contribution >= 0.6 is 0 Å². The number of nitrogens with one attached hydrogen (secondary N) is 1. The number of carbonyl (C=O) groups is 2. The van der Waals surface area contributed by atoms with Gasteiger partial charge in [-0.25, -0.2) is 4.39 Å². The van der Waals surface area contributed by atoms with Gasteiger partial charge in [0, 0.05) is 35.8 Å². The van der Waals surface area contributed by atoms with Crippen molar-refractivity contribution in [3.8, 4) is 28.3 Å². The summed E-state index contributed by atoms with van der Waals surface area (Å²) >= 11 is 0. The summed E-state index contributed by atoms with van der Waals surface area (Å²) in [5.41, 5.74) is 4.91. The molecule has 3 N–H and O–H groups in total. The maximum atomic E-state index is 14.2. The molecule has 0 bridgehead atoms. The zero-order chi connectivity index (χ0) is 32.5. The molecular weight excluding hydrogens is 573 g/mol. The third-order valence-electron chi connectivity index (χ3n) is 7.30. The Bertz CT molecular complexity index is 1710. The molecule has 0 aliphatic carbocycles. The minimum absolute atomic E-state index is 0.111. The highest BCUT2D eigenvalue weighted by Gasteiger charge is 2.29. The van der Waals surface area contributed by atoms with E-state index in [1.165, 1.54) is 25.3 Å². The van der Waals surface area contributed by atoms with Crippen LogP contribution in [0, 0.1) is 17.1 Å². The van der Waals surface area contributed by atoms with Crippen molar-refractivity contribution < 1.29 is 28.9 Å². The van der Waals surface area contributed by atoms with Crippen LogP contribution in [0.2, 0.25) is 0 Å². The van der Waals surface area contributed by atoms with Crippen molar-refractivity contribution in [2.75, 3.05) is 7.11 Å². The van der Waals surface area contributed by atoms with Gasteiger partial charge in [0.1, 0.15) is 11.5 Å². The van der Waals surface area contributed by atoms with Gasteiger partial charge in [0.25, 0.3) is 5.91 Å².